The molecule has 0 aliphatic heterocycles. The van der Waals surface area contributed by atoms with Crippen molar-refractivity contribution in [2.45, 2.75) is 13.8 Å². The number of hydrogen-bond donors (Lipinski definition) is 0. The van der Waals surface area contributed by atoms with Crippen LogP contribution in [0.25, 0.3) is 142 Å². The molecular weight excluding hydrogens is 749 g/mol. The van der Waals surface area contributed by atoms with E-state index in [2.05, 4.69) is 205 Å². The van der Waals surface area contributed by atoms with Crippen molar-refractivity contribution in [1.82, 2.24) is 8.80 Å². The molecule has 15 aromatic rings. The second kappa shape index (κ2) is 11.5. The second-order valence-corrected chi connectivity index (χ2v) is 17.8. The average Bonchev–Trinajstić information content (AvgIpc) is 4.01. The number of aromatic nitrogens is 2. The third-order valence-electron chi connectivity index (χ3n) is 14.3. The lowest BCUT2D eigenvalue weighted by Gasteiger charge is -2.19. The topological polar surface area (TPSA) is 8.82 Å². The number of aryl methyl sites for hydroxylation is 2. The summed E-state index contributed by atoms with van der Waals surface area (Å²) in [6.45, 7) is 4.49. The maximum absolute atomic E-state index is 2.55. The normalized spacial score (nSPS) is 12.7. The lowest BCUT2D eigenvalue weighted by molar-refractivity contribution is 1.37. The Morgan fingerprint density at radius 2 is 0.629 bits per heavy atom. The molecule has 0 amide bonds. The Morgan fingerprint density at radius 1 is 0.258 bits per heavy atom. The monoisotopic (exact) mass is 784 g/mol. The smallest absolute Gasteiger partial charge is 0.0620 e. The van der Waals surface area contributed by atoms with Gasteiger partial charge in [-0.05, 0) is 163 Å². The SMILES string of the molecule is Cc1cc2c3ccccc3n3c4cc5c(-c6ccc7ccccc7c6)c6cc7c8cc(C)cc9c%10ccccc%10n(c7cc6c(-c6ccc7ccccc7c6)c5cc4c(c1)c23)c98. The van der Waals surface area contributed by atoms with Gasteiger partial charge in [0.05, 0.1) is 33.1 Å². The van der Waals surface area contributed by atoms with Gasteiger partial charge in [0.15, 0.2) is 0 Å². The van der Waals surface area contributed by atoms with Crippen molar-refractivity contribution >= 4 is 119 Å². The van der Waals surface area contributed by atoms with Gasteiger partial charge in [-0.3, -0.25) is 0 Å². The molecule has 11 aromatic carbocycles. The first kappa shape index (κ1) is 32.9. The Bertz CT molecular complexity index is 4170. The van der Waals surface area contributed by atoms with E-state index < -0.39 is 0 Å². The predicted octanol–water partition coefficient (Wildman–Crippen LogP) is 16.6. The van der Waals surface area contributed by atoms with Crippen LogP contribution in [0.3, 0.4) is 0 Å². The Balaban J connectivity index is 1.22. The molecule has 0 saturated carbocycles. The molecule has 286 valence electrons. The third kappa shape index (κ3) is 4.09. The first-order chi connectivity index (χ1) is 30.6. The van der Waals surface area contributed by atoms with Crippen LogP contribution in [0.5, 0.6) is 0 Å². The van der Waals surface area contributed by atoms with Crippen molar-refractivity contribution in [2.75, 3.05) is 0 Å². The molecule has 15 rings (SSSR count). The molecule has 2 heteroatoms. The largest absolute Gasteiger partial charge is 0.308 e. The summed E-state index contributed by atoms with van der Waals surface area (Å²) < 4.78 is 5.09. The molecule has 0 atom stereocenters. The van der Waals surface area contributed by atoms with E-state index in [9.17, 15) is 0 Å². The van der Waals surface area contributed by atoms with Crippen LogP contribution in [0.1, 0.15) is 11.1 Å². The minimum absolute atomic E-state index is 1.23. The highest BCUT2D eigenvalue weighted by Gasteiger charge is 2.25. The summed E-state index contributed by atoms with van der Waals surface area (Å²) in [4.78, 5) is 0. The van der Waals surface area contributed by atoms with Gasteiger partial charge in [-0.25, -0.2) is 0 Å². The average molecular weight is 785 g/mol. The third-order valence-corrected chi connectivity index (χ3v) is 14.3. The molecule has 0 aliphatic carbocycles. The van der Waals surface area contributed by atoms with Gasteiger partial charge in [0.25, 0.3) is 0 Å². The van der Waals surface area contributed by atoms with E-state index in [1.165, 1.54) is 153 Å². The summed E-state index contributed by atoms with van der Waals surface area (Å²) in [5, 5.41) is 20.5. The Labute approximate surface area is 355 Å². The Kier molecular flexibility index (Phi) is 6.07. The van der Waals surface area contributed by atoms with Crippen LogP contribution < -0.4 is 0 Å². The molecule has 0 radical (unpaired) electrons. The van der Waals surface area contributed by atoms with Gasteiger partial charge in [-0.2, -0.15) is 0 Å². The molecule has 4 aromatic heterocycles. The van der Waals surface area contributed by atoms with Crippen molar-refractivity contribution in [3.63, 3.8) is 0 Å². The van der Waals surface area contributed by atoms with E-state index in [4.69, 9.17) is 0 Å². The van der Waals surface area contributed by atoms with Crippen molar-refractivity contribution in [3.8, 4) is 22.3 Å². The zero-order valence-electron chi connectivity index (χ0n) is 34.2. The summed E-state index contributed by atoms with van der Waals surface area (Å²) in [5.41, 5.74) is 15.2. The number of nitrogens with zero attached hydrogens (tertiary/aromatic N) is 2. The molecule has 0 spiro atoms. The molecule has 0 bridgehead atoms. The molecule has 0 saturated heterocycles. The van der Waals surface area contributed by atoms with Crippen LogP contribution >= 0.6 is 0 Å². The highest BCUT2D eigenvalue weighted by molar-refractivity contribution is 6.32. The fourth-order valence-electron chi connectivity index (χ4n) is 11.8. The molecule has 0 fully saturated rings. The summed E-state index contributed by atoms with van der Waals surface area (Å²) in [6, 6.07) is 69.4. The van der Waals surface area contributed by atoms with E-state index in [0.29, 0.717) is 0 Å². The van der Waals surface area contributed by atoms with E-state index in [1.54, 1.807) is 0 Å². The number of hydrogen-bond acceptors (Lipinski definition) is 0. The molecule has 62 heavy (non-hydrogen) atoms. The number of rotatable bonds is 2. The molecule has 0 unspecified atom stereocenters. The highest BCUT2D eigenvalue weighted by atomic mass is 14.9. The van der Waals surface area contributed by atoms with Gasteiger partial charge in [0, 0.05) is 43.1 Å². The molecule has 0 aliphatic rings. The van der Waals surface area contributed by atoms with Gasteiger partial charge in [0.1, 0.15) is 0 Å². The van der Waals surface area contributed by atoms with E-state index in [0.717, 1.165) is 0 Å². The van der Waals surface area contributed by atoms with Gasteiger partial charge < -0.3 is 8.80 Å². The van der Waals surface area contributed by atoms with Crippen molar-refractivity contribution < 1.29 is 0 Å². The fraction of sp³-hybridized carbons (Fsp3) is 0.0333. The molecular formula is C60H36N2. The number of para-hydroxylation sites is 2. The van der Waals surface area contributed by atoms with Gasteiger partial charge >= 0.3 is 0 Å². The van der Waals surface area contributed by atoms with Crippen molar-refractivity contribution in [3.05, 3.63) is 193 Å². The molecule has 2 nitrogen and oxygen atoms in total. The summed E-state index contributed by atoms with van der Waals surface area (Å²) in [7, 11) is 0. The summed E-state index contributed by atoms with van der Waals surface area (Å²) in [6.07, 6.45) is 0. The number of benzene rings is 11. The zero-order valence-corrected chi connectivity index (χ0v) is 34.2. The first-order valence-corrected chi connectivity index (χ1v) is 21.7. The Morgan fingerprint density at radius 3 is 1.08 bits per heavy atom. The van der Waals surface area contributed by atoms with Gasteiger partial charge in [0.2, 0.25) is 0 Å². The van der Waals surface area contributed by atoms with Crippen molar-refractivity contribution in [2.24, 2.45) is 0 Å². The van der Waals surface area contributed by atoms with Crippen molar-refractivity contribution in [1.29, 1.82) is 0 Å². The minimum Gasteiger partial charge on any atom is -0.308 e. The molecule has 0 N–H and O–H groups in total. The van der Waals surface area contributed by atoms with Crippen LogP contribution in [0.4, 0.5) is 0 Å². The second-order valence-electron chi connectivity index (χ2n) is 17.8. The van der Waals surface area contributed by atoms with Crippen LogP contribution in [-0.4, -0.2) is 8.80 Å². The summed E-state index contributed by atoms with van der Waals surface area (Å²) in [5.74, 6) is 0. The quantitative estimate of drug-likeness (QED) is 0.154. The summed E-state index contributed by atoms with van der Waals surface area (Å²) >= 11 is 0. The highest BCUT2D eigenvalue weighted by Crippen LogP contribution is 2.51. The maximum Gasteiger partial charge on any atom is 0.0620 e. The minimum atomic E-state index is 1.23. The van der Waals surface area contributed by atoms with Crippen LogP contribution in [-0.2, 0) is 0 Å². The maximum atomic E-state index is 2.55. The molecule has 4 heterocycles. The standard InChI is InChI=1S/C60H36N2/c1-33-23-49-41-15-7-9-17-53(41)61-55-31-47-45(29-43(55)51(25-33)59(49)61)57(39-21-19-35-11-3-5-13-37(35)27-39)48-32-56-44(30-46(48)58(47)40-22-20-36-12-4-6-14-38(36)28-40)52-26-34(2)24-50-42-16-8-10-18-54(42)62(56)60(50)52/h3-32H,1-2H3. The van der Waals surface area contributed by atoms with E-state index in [-0.39, 0.29) is 0 Å². The van der Waals surface area contributed by atoms with Gasteiger partial charge in [-0.15, -0.1) is 0 Å². The Hall–Kier alpha value is -7.94. The number of fused-ring (bicyclic) bond motifs is 16. The van der Waals surface area contributed by atoms with E-state index in [1.807, 2.05) is 0 Å². The lowest BCUT2D eigenvalue weighted by Crippen LogP contribution is -1.93. The van der Waals surface area contributed by atoms with E-state index >= 15 is 0 Å². The lowest BCUT2D eigenvalue weighted by atomic mass is 9.84. The predicted molar refractivity (Wildman–Crippen MR) is 266 cm³/mol. The van der Waals surface area contributed by atoms with Crippen LogP contribution in [0.15, 0.2) is 182 Å². The van der Waals surface area contributed by atoms with Crippen LogP contribution in [0.2, 0.25) is 0 Å². The fourth-order valence-corrected chi connectivity index (χ4v) is 11.8. The van der Waals surface area contributed by atoms with Crippen LogP contribution in [0, 0.1) is 13.8 Å². The van der Waals surface area contributed by atoms with Gasteiger partial charge in [-0.1, -0.05) is 109 Å². The zero-order chi connectivity index (χ0) is 40.5. The first-order valence-electron chi connectivity index (χ1n) is 21.7.